The molecule has 0 unspecified atom stereocenters. The van der Waals surface area contributed by atoms with Gasteiger partial charge in [0.15, 0.2) is 0 Å². The van der Waals surface area contributed by atoms with Crippen molar-refractivity contribution in [3.05, 3.63) is 78.4 Å². The number of nitrogens with one attached hydrogen (secondary N) is 1. The first-order valence-electron chi connectivity index (χ1n) is 9.82. The summed E-state index contributed by atoms with van der Waals surface area (Å²) in [5, 5.41) is 3.78. The maximum Gasteiger partial charge on any atom is 0.255 e. The summed E-state index contributed by atoms with van der Waals surface area (Å²) in [5.74, 6) is -0.797. The number of aromatic nitrogens is 1. The molecule has 1 aliphatic heterocycles. The smallest absolute Gasteiger partial charge is 0.255 e. The van der Waals surface area contributed by atoms with Gasteiger partial charge in [-0.25, -0.2) is 4.98 Å². The van der Waals surface area contributed by atoms with Crippen LogP contribution in [0.1, 0.15) is 23.2 Å². The number of carbonyl (C=O) groups is 3. The van der Waals surface area contributed by atoms with Gasteiger partial charge in [-0.15, -0.1) is 11.3 Å². The number of hydrogen-bond acceptors (Lipinski definition) is 5. The first-order valence-corrected chi connectivity index (χ1v) is 10.6. The minimum absolute atomic E-state index is 0.205. The number of para-hydroxylation sites is 1. The number of nitrogens with zero attached hydrogens (tertiary/aromatic N) is 2. The largest absolute Gasteiger partial charge is 0.322 e. The lowest BCUT2D eigenvalue weighted by Gasteiger charge is -2.15. The highest BCUT2D eigenvalue weighted by Gasteiger charge is 2.30. The molecule has 152 valence electrons. The second-order valence-corrected chi connectivity index (χ2v) is 8.22. The summed E-state index contributed by atoms with van der Waals surface area (Å²) in [4.78, 5) is 42.4. The molecule has 0 bridgehead atoms. The molecule has 0 radical (unpaired) electrons. The fraction of sp³-hybridized carbons (Fsp3) is 0.0833. The van der Waals surface area contributed by atoms with E-state index in [0.29, 0.717) is 16.9 Å². The SMILES string of the molecule is O=C(Nc1ccc(-c2nc3ccccc3s2)cc1)c1cccc(N2C(=O)CCC2=O)c1. The third-order valence-corrected chi connectivity index (χ3v) is 6.19. The van der Waals surface area contributed by atoms with Gasteiger partial charge >= 0.3 is 0 Å². The number of imide groups is 1. The van der Waals surface area contributed by atoms with Gasteiger partial charge in [-0.1, -0.05) is 18.2 Å². The number of carbonyl (C=O) groups excluding carboxylic acids is 3. The Bertz CT molecular complexity index is 1280. The van der Waals surface area contributed by atoms with Gasteiger partial charge in [0, 0.05) is 29.7 Å². The van der Waals surface area contributed by atoms with Crippen LogP contribution in [0.3, 0.4) is 0 Å². The van der Waals surface area contributed by atoms with Crippen molar-refractivity contribution in [2.45, 2.75) is 12.8 Å². The molecular weight excluding hydrogens is 410 g/mol. The van der Waals surface area contributed by atoms with Crippen LogP contribution in [0.15, 0.2) is 72.8 Å². The number of thiazole rings is 1. The van der Waals surface area contributed by atoms with E-state index in [0.717, 1.165) is 25.7 Å². The summed E-state index contributed by atoms with van der Waals surface area (Å²) >= 11 is 1.62. The number of benzene rings is 3. The standard InChI is InChI=1S/C24H17N3O3S/c28-21-12-13-22(29)27(21)18-5-3-4-16(14-18)23(30)25-17-10-8-15(9-11-17)24-26-19-6-1-2-7-20(19)31-24/h1-11,14H,12-13H2,(H,25,30). The van der Waals surface area contributed by atoms with E-state index < -0.39 is 0 Å². The molecule has 6 nitrogen and oxygen atoms in total. The van der Waals surface area contributed by atoms with Crippen LogP contribution in [0, 0.1) is 0 Å². The zero-order chi connectivity index (χ0) is 21.4. The van der Waals surface area contributed by atoms with Gasteiger partial charge in [-0.05, 0) is 54.6 Å². The van der Waals surface area contributed by atoms with Gasteiger partial charge in [0.1, 0.15) is 5.01 Å². The van der Waals surface area contributed by atoms with E-state index in [2.05, 4.69) is 10.3 Å². The quantitative estimate of drug-likeness (QED) is 0.471. The predicted molar refractivity (Wildman–Crippen MR) is 121 cm³/mol. The van der Waals surface area contributed by atoms with Crippen molar-refractivity contribution < 1.29 is 14.4 Å². The molecule has 0 saturated carbocycles. The predicted octanol–water partition coefficient (Wildman–Crippen LogP) is 4.87. The van der Waals surface area contributed by atoms with Crippen LogP contribution >= 0.6 is 11.3 Å². The summed E-state index contributed by atoms with van der Waals surface area (Å²) < 4.78 is 1.13. The van der Waals surface area contributed by atoms with Crippen LogP contribution in [0.4, 0.5) is 11.4 Å². The Kier molecular flexibility index (Phi) is 4.80. The topological polar surface area (TPSA) is 79.4 Å². The van der Waals surface area contributed by atoms with E-state index in [1.54, 1.807) is 35.6 Å². The molecule has 1 fully saturated rings. The number of fused-ring (bicyclic) bond motifs is 1. The molecule has 7 heteroatoms. The van der Waals surface area contributed by atoms with E-state index in [4.69, 9.17) is 0 Å². The van der Waals surface area contributed by atoms with Crippen LogP contribution < -0.4 is 10.2 Å². The van der Waals surface area contributed by atoms with E-state index in [9.17, 15) is 14.4 Å². The summed E-state index contributed by atoms with van der Waals surface area (Å²) in [6, 6.07) is 22.0. The third-order valence-electron chi connectivity index (χ3n) is 5.10. The molecule has 3 aromatic carbocycles. The van der Waals surface area contributed by atoms with Crippen LogP contribution in [0.2, 0.25) is 0 Å². The normalized spacial score (nSPS) is 13.7. The highest BCUT2D eigenvalue weighted by molar-refractivity contribution is 7.21. The van der Waals surface area contributed by atoms with Crippen molar-refractivity contribution in [1.82, 2.24) is 4.98 Å². The van der Waals surface area contributed by atoms with Crippen molar-refractivity contribution in [2.24, 2.45) is 0 Å². The van der Waals surface area contributed by atoms with Crippen molar-refractivity contribution in [3.8, 4) is 10.6 Å². The van der Waals surface area contributed by atoms with Gasteiger partial charge in [0.05, 0.1) is 15.9 Å². The molecule has 1 aliphatic rings. The Morgan fingerprint density at radius 3 is 2.39 bits per heavy atom. The lowest BCUT2D eigenvalue weighted by molar-refractivity contribution is -0.121. The van der Waals surface area contributed by atoms with Gasteiger partial charge in [-0.2, -0.15) is 0 Å². The monoisotopic (exact) mass is 427 g/mol. The summed E-state index contributed by atoms with van der Waals surface area (Å²) in [5.41, 5.74) is 3.39. The molecule has 4 aromatic rings. The highest BCUT2D eigenvalue weighted by Crippen LogP contribution is 2.30. The molecule has 1 saturated heterocycles. The van der Waals surface area contributed by atoms with Crippen molar-refractivity contribution in [3.63, 3.8) is 0 Å². The number of hydrogen-bond donors (Lipinski definition) is 1. The van der Waals surface area contributed by atoms with Gasteiger partial charge < -0.3 is 5.32 Å². The first-order chi connectivity index (χ1) is 15.1. The fourth-order valence-electron chi connectivity index (χ4n) is 3.55. The Morgan fingerprint density at radius 2 is 1.65 bits per heavy atom. The molecule has 3 amide bonds. The summed E-state index contributed by atoms with van der Waals surface area (Å²) in [6.45, 7) is 0. The van der Waals surface area contributed by atoms with Gasteiger partial charge in [0.25, 0.3) is 5.91 Å². The first kappa shape index (κ1) is 19.1. The molecule has 5 rings (SSSR count). The van der Waals surface area contributed by atoms with E-state index in [1.807, 2.05) is 48.5 Å². The Hall–Kier alpha value is -3.84. The number of amides is 3. The molecule has 0 aliphatic carbocycles. The van der Waals surface area contributed by atoms with E-state index in [-0.39, 0.29) is 30.6 Å². The molecule has 1 aromatic heterocycles. The average Bonchev–Trinajstić information content (AvgIpc) is 3.37. The van der Waals surface area contributed by atoms with Crippen molar-refractivity contribution in [2.75, 3.05) is 10.2 Å². The Morgan fingerprint density at radius 1 is 0.903 bits per heavy atom. The fourth-order valence-corrected chi connectivity index (χ4v) is 4.52. The Balaban J connectivity index is 1.33. The lowest BCUT2D eigenvalue weighted by atomic mass is 10.1. The molecule has 31 heavy (non-hydrogen) atoms. The molecular formula is C24H17N3O3S. The van der Waals surface area contributed by atoms with E-state index in [1.165, 1.54) is 0 Å². The van der Waals surface area contributed by atoms with Gasteiger partial charge in [0.2, 0.25) is 11.8 Å². The number of rotatable bonds is 4. The maximum atomic E-state index is 12.7. The van der Waals surface area contributed by atoms with Crippen molar-refractivity contribution in [1.29, 1.82) is 0 Å². The van der Waals surface area contributed by atoms with Crippen LogP contribution in [0.5, 0.6) is 0 Å². The van der Waals surface area contributed by atoms with Gasteiger partial charge in [-0.3, -0.25) is 19.3 Å². The minimum atomic E-state index is -0.311. The second kappa shape index (κ2) is 7.77. The minimum Gasteiger partial charge on any atom is -0.322 e. The molecule has 2 heterocycles. The molecule has 0 spiro atoms. The maximum absolute atomic E-state index is 12.7. The summed E-state index contributed by atoms with van der Waals surface area (Å²) in [7, 11) is 0. The zero-order valence-corrected chi connectivity index (χ0v) is 17.2. The van der Waals surface area contributed by atoms with Crippen molar-refractivity contribution >= 4 is 50.6 Å². The lowest BCUT2D eigenvalue weighted by Crippen LogP contribution is -2.28. The van der Waals surface area contributed by atoms with Crippen LogP contribution in [-0.4, -0.2) is 22.7 Å². The highest BCUT2D eigenvalue weighted by atomic mass is 32.1. The second-order valence-electron chi connectivity index (χ2n) is 7.19. The third kappa shape index (κ3) is 3.71. The van der Waals surface area contributed by atoms with Crippen LogP contribution in [-0.2, 0) is 9.59 Å². The molecule has 0 atom stereocenters. The van der Waals surface area contributed by atoms with E-state index >= 15 is 0 Å². The number of anilines is 2. The Labute approximate surface area is 182 Å². The average molecular weight is 427 g/mol. The van der Waals surface area contributed by atoms with Crippen LogP contribution in [0.25, 0.3) is 20.8 Å². The summed E-state index contributed by atoms with van der Waals surface area (Å²) in [6.07, 6.45) is 0.409. The zero-order valence-electron chi connectivity index (χ0n) is 16.4. The molecule has 1 N–H and O–H groups in total.